The minimum absolute atomic E-state index is 0.0410. The maximum atomic E-state index is 13.8. The molecule has 6 heteroatoms. The number of hydrogen-bond donors (Lipinski definition) is 1. The summed E-state index contributed by atoms with van der Waals surface area (Å²) >= 11 is 0. The van der Waals surface area contributed by atoms with Crippen molar-refractivity contribution < 1.29 is 27.4 Å². The standard InChI is InChI=1S/C15H10F4O2/c16-7-1-2-8-13(20)6-15(21-14(8)3-7)9-4-11(18)12(19)5-10(9)17/h1-5,13,15,20H,6H2/t13-,15?/m0/s1. The molecular formula is C15H10F4O2. The average molecular weight is 298 g/mol. The third-order valence-corrected chi connectivity index (χ3v) is 3.43. The van der Waals surface area contributed by atoms with Crippen LogP contribution >= 0.6 is 0 Å². The Kier molecular flexibility index (Phi) is 3.33. The van der Waals surface area contributed by atoms with Crippen molar-refractivity contribution in [2.45, 2.75) is 18.6 Å². The van der Waals surface area contributed by atoms with Crippen molar-refractivity contribution in [3.63, 3.8) is 0 Å². The van der Waals surface area contributed by atoms with Gasteiger partial charge in [0.1, 0.15) is 23.5 Å². The predicted octanol–water partition coefficient (Wildman–Crippen LogP) is 3.80. The highest BCUT2D eigenvalue weighted by Crippen LogP contribution is 2.41. The van der Waals surface area contributed by atoms with Gasteiger partial charge in [-0.15, -0.1) is 0 Å². The predicted molar refractivity (Wildman–Crippen MR) is 65.7 cm³/mol. The lowest BCUT2D eigenvalue weighted by atomic mass is 9.94. The summed E-state index contributed by atoms with van der Waals surface area (Å²) in [6.07, 6.45) is -2.07. The fraction of sp³-hybridized carbons (Fsp3) is 0.200. The molecule has 0 radical (unpaired) electrons. The largest absolute Gasteiger partial charge is 0.485 e. The summed E-state index contributed by atoms with van der Waals surface area (Å²) in [7, 11) is 0. The zero-order valence-electron chi connectivity index (χ0n) is 10.6. The average Bonchev–Trinajstić information content (AvgIpc) is 2.42. The molecule has 2 aromatic carbocycles. The molecule has 0 saturated carbocycles. The van der Waals surface area contributed by atoms with Crippen molar-refractivity contribution >= 4 is 0 Å². The highest BCUT2D eigenvalue weighted by atomic mass is 19.2. The number of hydrogen-bond acceptors (Lipinski definition) is 2. The fourth-order valence-electron chi connectivity index (χ4n) is 2.39. The van der Waals surface area contributed by atoms with E-state index in [9.17, 15) is 22.7 Å². The third kappa shape index (κ3) is 2.47. The van der Waals surface area contributed by atoms with E-state index in [0.717, 1.165) is 6.07 Å². The van der Waals surface area contributed by atoms with Gasteiger partial charge in [-0.25, -0.2) is 17.6 Å². The van der Waals surface area contributed by atoms with E-state index in [1.54, 1.807) is 0 Å². The summed E-state index contributed by atoms with van der Waals surface area (Å²) in [5.74, 6) is -4.02. The Morgan fingerprint density at radius 2 is 1.62 bits per heavy atom. The van der Waals surface area contributed by atoms with Crippen LogP contribution in [0.4, 0.5) is 17.6 Å². The van der Waals surface area contributed by atoms with Crippen molar-refractivity contribution in [2.75, 3.05) is 0 Å². The Hall–Kier alpha value is -2.08. The van der Waals surface area contributed by atoms with E-state index in [-0.39, 0.29) is 17.7 Å². The monoisotopic (exact) mass is 298 g/mol. The molecule has 110 valence electrons. The van der Waals surface area contributed by atoms with Crippen LogP contribution in [0, 0.1) is 23.3 Å². The smallest absolute Gasteiger partial charge is 0.161 e. The lowest BCUT2D eigenvalue weighted by molar-refractivity contribution is 0.0634. The molecule has 0 saturated heterocycles. The highest BCUT2D eigenvalue weighted by Gasteiger charge is 2.30. The first-order valence-corrected chi connectivity index (χ1v) is 6.24. The Labute approximate surface area is 117 Å². The van der Waals surface area contributed by atoms with E-state index >= 15 is 0 Å². The number of benzene rings is 2. The first kappa shape index (κ1) is 13.9. The van der Waals surface area contributed by atoms with Crippen molar-refractivity contribution in [1.29, 1.82) is 0 Å². The van der Waals surface area contributed by atoms with Crippen LogP contribution in [0.2, 0.25) is 0 Å². The highest BCUT2D eigenvalue weighted by molar-refractivity contribution is 5.39. The van der Waals surface area contributed by atoms with Crippen LogP contribution in [0.25, 0.3) is 0 Å². The van der Waals surface area contributed by atoms with Gasteiger partial charge in [0.15, 0.2) is 11.6 Å². The van der Waals surface area contributed by atoms with Gasteiger partial charge in [0.05, 0.1) is 6.10 Å². The molecule has 1 aliphatic rings. The van der Waals surface area contributed by atoms with Crippen LogP contribution in [0.15, 0.2) is 30.3 Å². The molecule has 1 N–H and O–H groups in total. The fourth-order valence-corrected chi connectivity index (χ4v) is 2.39. The number of rotatable bonds is 1. The molecule has 0 bridgehead atoms. The molecule has 1 heterocycles. The molecular weight excluding hydrogens is 288 g/mol. The Morgan fingerprint density at radius 3 is 2.38 bits per heavy atom. The molecule has 21 heavy (non-hydrogen) atoms. The van der Waals surface area contributed by atoms with Gasteiger partial charge in [0, 0.05) is 29.7 Å². The first-order valence-electron chi connectivity index (χ1n) is 6.24. The topological polar surface area (TPSA) is 29.5 Å². The molecule has 2 atom stereocenters. The third-order valence-electron chi connectivity index (χ3n) is 3.43. The molecule has 3 rings (SSSR count). The van der Waals surface area contributed by atoms with Gasteiger partial charge in [0.25, 0.3) is 0 Å². The molecule has 2 aromatic rings. The number of aliphatic hydroxyl groups is 1. The Bertz CT molecular complexity index is 702. The normalized spacial score (nSPS) is 20.8. The van der Waals surface area contributed by atoms with E-state index in [0.29, 0.717) is 17.7 Å². The molecule has 1 unspecified atom stereocenters. The van der Waals surface area contributed by atoms with Crippen molar-refractivity contribution in [2.24, 2.45) is 0 Å². The first-order chi connectivity index (χ1) is 9.95. The second-order valence-electron chi connectivity index (χ2n) is 4.83. The van der Waals surface area contributed by atoms with Crippen LogP contribution < -0.4 is 4.74 Å². The summed E-state index contributed by atoms with van der Waals surface area (Å²) in [6, 6.07) is 4.70. The quantitative estimate of drug-likeness (QED) is 0.641. The Morgan fingerprint density at radius 1 is 0.905 bits per heavy atom. The molecule has 2 nitrogen and oxygen atoms in total. The molecule has 0 amide bonds. The van der Waals surface area contributed by atoms with Crippen LogP contribution in [0.5, 0.6) is 5.75 Å². The summed E-state index contributed by atoms with van der Waals surface area (Å²) in [6.45, 7) is 0. The second-order valence-corrected chi connectivity index (χ2v) is 4.83. The number of aliphatic hydroxyl groups excluding tert-OH is 1. The number of fused-ring (bicyclic) bond motifs is 1. The van der Waals surface area contributed by atoms with Gasteiger partial charge in [0.2, 0.25) is 0 Å². The van der Waals surface area contributed by atoms with E-state index in [1.807, 2.05) is 0 Å². The molecule has 0 spiro atoms. The minimum Gasteiger partial charge on any atom is -0.485 e. The van der Waals surface area contributed by atoms with Gasteiger partial charge in [-0.2, -0.15) is 0 Å². The van der Waals surface area contributed by atoms with Crippen molar-refractivity contribution in [3.05, 3.63) is 64.7 Å². The van der Waals surface area contributed by atoms with Gasteiger partial charge >= 0.3 is 0 Å². The summed E-state index contributed by atoms with van der Waals surface area (Å²) in [5, 5.41) is 10.0. The zero-order valence-corrected chi connectivity index (χ0v) is 10.6. The van der Waals surface area contributed by atoms with Crippen LogP contribution in [0.1, 0.15) is 29.8 Å². The summed E-state index contributed by atoms with van der Waals surface area (Å²) < 4.78 is 58.6. The van der Waals surface area contributed by atoms with Crippen molar-refractivity contribution in [1.82, 2.24) is 0 Å². The van der Waals surface area contributed by atoms with Crippen molar-refractivity contribution in [3.8, 4) is 5.75 Å². The van der Waals surface area contributed by atoms with Crippen LogP contribution in [0.3, 0.4) is 0 Å². The van der Waals surface area contributed by atoms with Gasteiger partial charge in [-0.1, -0.05) is 0 Å². The molecule has 1 aliphatic heterocycles. The number of halogens is 4. The zero-order chi connectivity index (χ0) is 15.1. The minimum atomic E-state index is -1.31. The Balaban J connectivity index is 2.01. The summed E-state index contributed by atoms with van der Waals surface area (Å²) in [5.41, 5.74) is 0.151. The van der Waals surface area contributed by atoms with E-state index in [1.165, 1.54) is 12.1 Å². The lowest BCUT2D eigenvalue weighted by Crippen LogP contribution is -2.20. The van der Waals surface area contributed by atoms with Gasteiger partial charge < -0.3 is 9.84 Å². The van der Waals surface area contributed by atoms with E-state index in [2.05, 4.69) is 0 Å². The van der Waals surface area contributed by atoms with Crippen LogP contribution in [-0.2, 0) is 0 Å². The SMILES string of the molecule is O[C@H]1CC(c2cc(F)c(F)cc2F)Oc2cc(F)ccc21. The van der Waals surface area contributed by atoms with Gasteiger partial charge in [-0.3, -0.25) is 0 Å². The second kappa shape index (κ2) is 5.04. The van der Waals surface area contributed by atoms with E-state index in [4.69, 9.17) is 4.74 Å². The molecule has 0 fully saturated rings. The summed E-state index contributed by atoms with van der Waals surface area (Å²) in [4.78, 5) is 0. The molecule has 0 aliphatic carbocycles. The van der Waals surface area contributed by atoms with Crippen LogP contribution in [-0.4, -0.2) is 5.11 Å². The molecule has 0 aromatic heterocycles. The maximum Gasteiger partial charge on any atom is 0.161 e. The number of ether oxygens (including phenoxy) is 1. The van der Waals surface area contributed by atoms with Gasteiger partial charge in [-0.05, 0) is 18.2 Å². The maximum absolute atomic E-state index is 13.8. The van der Waals surface area contributed by atoms with E-state index < -0.39 is 35.5 Å². The lowest BCUT2D eigenvalue weighted by Gasteiger charge is -2.30.